The normalized spacial score (nSPS) is 41.2. The van der Waals surface area contributed by atoms with E-state index in [1.54, 1.807) is 0 Å². The van der Waals surface area contributed by atoms with Gasteiger partial charge in [-0.2, -0.15) is 4.91 Å². The van der Waals surface area contributed by atoms with Gasteiger partial charge in [0.2, 0.25) is 0 Å². The molecule has 0 bridgehead atoms. The van der Waals surface area contributed by atoms with Crippen molar-refractivity contribution in [3.8, 4) is 0 Å². The van der Waals surface area contributed by atoms with Gasteiger partial charge in [-0.3, -0.25) is 0 Å². The van der Waals surface area contributed by atoms with E-state index in [9.17, 15) is 4.91 Å². The molecule has 3 atom stereocenters. The molecule has 0 aromatic heterocycles. The van der Waals surface area contributed by atoms with Crippen LogP contribution in [0.2, 0.25) is 0 Å². The molecule has 0 aliphatic carbocycles. The first kappa shape index (κ1) is 7.59. The van der Waals surface area contributed by atoms with Crippen molar-refractivity contribution in [2.75, 3.05) is 6.61 Å². The van der Waals surface area contributed by atoms with Crippen LogP contribution in [0.1, 0.15) is 6.42 Å². The highest BCUT2D eigenvalue weighted by molar-refractivity contribution is 4.79. The second-order valence-electron chi connectivity index (χ2n) is 2.26. The number of aliphatic hydroxyl groups excluding tert-OH is 2. The summed E-state index contributed by atoms with van der Waals surface area (Å²) in [5, 5.41) is 20.4. The quantitative estimate of drug-likeness (QED) is 0.477. The fourth-order valence-electron chi connectivity index (χ4n) is 0.853. The van der Waals surface area contributed by atoms with Crippen LogP contribution >= 0.6 is 0 Å². The Bertz CT molecular complexity index is 129. The van der Waals surface area contributed by atoms with Gasteiger partial charge in [0.15, 0.2) is 6.29 Å². The van der Waals surface area contributed by atoms with Crippen LogP contribution in [0.15, 0.2) is 5.18 Å². The maximum atomic E-state index is 9.91. The Kier molecular flexibility index (Phi) is 2.31. The average molecular weight is 147 g/mol. The number of nitrogens with zero attached hydrogens (tertiary/aromatic N) is 1. The lowest BCUT2D eigenvalue weighted by atomic mass is 10.1. The molecule has 1 rings (SSSR count). The van der Waals surface area contributed by atoms with Gasteiger partial charge in [0.05, 0.1) is 12.7 Å². The minimum atomic E-state index is -0.951. The molecule has 1 unspecified atom stereocenters. The predicted octanol–water partition coefficient (Wildman–Crippen LogP) is -0.779. The van der Waals surface area contributed by atoms with E-state index in [-0.39, 0.29) is 13.0 Å². The number of rotatable bonds is 1. The second kappa shape index (κ2) is 3.05. The van der Waals surface area contributed by atoms with Crippen LogP contribution in [0.5, 0.6) is 0 Å². The molecule has 1 aliphatic heterocycles. The van der Waals surface area contributed by atoms with E-state index >= 15 is 0 Å². The lowest BCUT2D eigenvalue weighted by molar-refractivity contribution is -0.159. The van der Waals surface area contributed by atoms with E-state index < -0.39 is 18.4 Å². The molecule has 1 saturated heterocycles. The molecule has 0 saturated carbocycles. The third kappa shape index (κ3) is 1.50. The van der Waals surface area contributed by atoms with Crippen LogP contribution in [0, 0.1) is 4.91 Å². The summed E-state index contributed by atoms with van der Waals surface area (Å²) in [6, 6.07) is -0.719. The van der Waals surface area contributed by atoms with Crippen molar-refractivity contribution in [1.82, 2.24) is 0 Å². The molecule has 1 aliphatic rings. The van der Waals surface area contributed by atoms with Crippen molar-refractivity contribution < 1.29 is 14.9 Å². The van der Waals surface area contributed by atoms with Gasteiger partial charge >= 0.3 is 0 Å². The zero-order chi connectivity index (χ0) is 7.56. The van der Waals surface area contributed by atoms with Crippen LogP contribution < -0.4 is 0 Å². The number of hydrogen-bond acceptors (Lipinski definition) is 5. The van der Waals surface area contributed by atoms with Crippen molar-refractivity contribution in [1.29, 1.82) is 0 Å². The Labute approximate surface area is 57.6 Å². The smallest absolute Gasteiger partial charge is 0.157 e. The zero-order valence-corrected chi connectivity index (χ0v) is 5.30. The summed E-state index contributed by atoms with van der Waals surface area (Å²) in [5.41, 5.74) is 0. The molecule has 5 heteroatoms. The summed E-state index contributed by atoms with van der Waals surface area (Å²) >= 11 is 0. The molecule has 0 aromatic carbocycles. The maximum Gasteiger partial charge on any atom is 0.157 e. The van der Waals surface area contributed by atoms with Crippen LogP contribution in [0.25, 0.3) is 0 Å². The number of ether oxygens (including phenoxy) is 1. The first-order chi connectivity index (χ1) is 4.74. The predicted molar refractivity (Wildman–Crippen MR) is 32.2 cm³/mol. The Morgan fingerprint density at radius 3 is 2.70 bits per heavy atom. The van der Waals surface area contributed by atoms with Gasteiger partial charge in [0.1, 0.15) is 6.04 Å². The van der Waals surface area contributed by atoms with Gasteiger partial charge in [-0.15, -0.1) is 0 Å². The van der Waals surface area contributed by atoms with Gasteiger partial charge in [0, 0.05) is 6.42 Å². The minimum Gasteiger partial charge on any atom is -0.390 e. The van der Waals surface area contributed by atoms with Crippen LogP contribution in [0.4, 0.5) is 0 Å². The highest BCUT2D eigenvalue weighted by atomic mass is 16.6. The monoisotopic (exact) mass is 147 g/mol. The van der Waals surface area contributed by atoms with E-state index in [2.05, 4.69) is 9.91 Å². The number of nitroso groups, excluding NO2 is 1. The summed E-state index contributed by atoms with van der Waals surface area (Å²) in [6.45, 7) is 0.00579. The SMILES string of the molecule is O=N[C@H]1COC(O)C[C@H]1O. The molecule has 0 radical (unpaired) electrons. The van der Waals surface area contributed by atoms with Crippen molar-refractivity contribution in [3.63, 3.8) is 0 Å². The summed E-state index contributed by atoms with van der Waals surface area (Å²) < 4.78 is 4.65. The first-order valence-electron chi connectivity index (χ1n) is 3.04. The highest BCUT2D eigenvalue weighted by Crippen LogP contribution is 2.14. The number of aliphatic hydroxyl groups is 2. The molecule has 1 heterocycles. The Morgan fingerprint density at radius 1 is 1.50 bits per heavy atom. The lowest BCUT2D eigenvalue weighted by Gasteiger charge is -2.25. The Balaban J connectivity index is 2.43. The zero-order valence-electron chi connectivity index (χ0n) is 5.30. The van der Waals surface area contributed by atoms with Crippen LogP contribution in [-0.2, 0) is 4.74 Å². The number of hydrogen-bond donors (Lipinski definition) is 2. The minimum absolute atomic E-state index is 0.00579. The standard InChI is InChI=1S/C5H9NO4/c7-4-1-5(8)10-2-3(4)6-9/h3-5,7-8H,1-2H2/t3-,4+,5?/m0/s1. The Hall–Kier alpha value is -0.520. The molecule has 0 spiro atoms. The van der Waals surface area contributed by atoms with Crippen molar-refractivity contribution in [2.45, 2.75) is 24.9 Å². The van der Waals surface area contributed by atoms with Gasteiger partial charge in [0.25, 0.3) is 0 Å². The maximum absolute atomic E-state index is 9.91. The van der Waals surface area contributed by atoms with E-state index in [4.69, 9.17) is 10.2 Å². The van der Waals surface area contributed by atoms with Crippen molar-refractivity contribution in [3.05, 3.63) is 4.91 Å². The van der Waals surface area contributed by atoms with Gasteiger partial charge in [-0.05, 0) is 0 Å². The molecule has 0 amide bonds. The molecule has 1 fully saturated rings. The summed E-state index contributed by atoms with van der Waals surface area (Å²) in [7, 11) is 0. The molecule has 58 valence electrons. The molecule has 2 N–H and O–H groups in total. The topological polar surface area (TPSA) is 79.1 Å². The van der Waals surface area contributed by atoms with Crippen molar-refractivity contribution >= 4 is 0 Å². The van der Waals surface area contributed by atoms with Crippen molar-refractivity contribution in [2.24, 2.45) is 5.18 Å². The van der Waals surface area contributed by atoms with E-state index in [0.29, 0.717) is 0 Å². The molecular weight excluding hydrogens is 138 g/mol. The Morgan fingerprint density at radius 2 is 2.20 bits per heavy atom. The molecule has 0 aromatic rings. The average Bonchev–Trinajstić information content (AvgIpc) is 1.88. The fraction of sp³-hybridized carbons (Fsp3) is 1.00. The summed E-state index contributed by atoms with van der Waals surface area (Å²) in [4.78, 5) is 9.91. The summed E-state index contributed by atoms with van der Waals surface area (Å²) in [6.07, 6.45) is -1.75. The fourth-order valence-corrected chi connectivity index (χ4v) is 0.853. The molecule has 10 heavy (non-hydrogen) atoms. The molecule has 5 nitrogen and oxygen atoms in total. The largest absolute Gasteiger partial charge is 0.390 e. The second-order valence-corrected chi connectivity index (χ2v) is 2.26. The van der Waals surface area contributed by atoms with Gasteiger partial charge < -0.3 is 14.9 Å². The lowest BCUT2D eigenvalue weighted by Crippen LogP contribution is -2.39. The van der Waals surface area contributed by atoms with E-state index in [0.717, 1.165) is 0 Å². The third-order valence-electron chi connectivity index (χ3n) is 1.48. The molecular formula is C5H9NO4. The highest BCUT2D eigenvalue weighted by Gasteiger charge is 2.29. The van der Waals surface area contributed by atoms with Crippen LogP contribution in [0.3, 0.4) is 0 Å². The third-order valence-corrected chi connectivity index (χ3v) is 1.48. The van der Waals surface area contributed by atoms with E-state index in [1.807, 2.05) is 0 Å². The van der Waals surface area contributed by atoms with Crippen LogP contribution in [-0.4, -0.2) is 35.3 Å². The summed E-state index contributed by atoms with van der Waals surface area (Å²) in [5.74, 6) is 0. The van der Waals surface area contributed by atoms with Gasteiger partial charge in [-0.25, -0.2) is 0 Å². The van der Waals surface area contributed by atoms with E-state index in [1.165, 1.54) is 0 Å². The first-order valence-corrected chi connectivity index (χ1v) is 3.04. The van der Waals surface area contributed by atoms with Gasteiger partial charge in [-0.1, -0.05) is 5.18 Å².